The molecular weight excluding hydrogens is 397 g/mol. The lowest BCUT2D eigenvalue weighted by Gasteiger charge is -2.16. The fourth-order valence-electron chi connectivity index (χ4n) is 2.17. The van der Waals surface area contributed by atoms with Crippen LogP contribution in [0.4, 0.5) is 13.2 Å². The number of ether oxygens (including phenoxy) is 3. The molecule has 0 spiro atoms. The second-order valence-corrected chi connectivity index (χ2v) is 5.38. The molecule has 0 saturated heterocycles. The predicted molar refractivity (Wildman–Crippen MR) is 93.0 cm³/mol. The molecule has 0 radical (unpaired) electrons. The summed E-state index contributed by atoms with van der Waals surface area (Å²) in [4.78, 5) is 17.6. The monoisotopic (exact) mass is 412 g/mol. The van der Waals surface area contributed by atoms with Gasteiger partial charge in [-0.25, -0.2) is 4.98 Å². The van der Waals surface area contributed by atoms with Crippen molar-refractivity contribution >= 4 is 11.6 Å². The van der Waals surface area contributed by atoms with E-state index in [1.54, 1.807) is 24.3 Å². The average Bonchev–Trinajstić information content (AvgIpc) is 2.72. The molecule has 1 aliphatic rings. The van der Waals surface area contributed by atoms with Gasteiger partial charge in [-0.15, -0.1) is 0 Å². The summed E-state index contributed by atoms with van der Waals surface area (Å²) in [6, 6.07) is 7.57. The van der Waals surface area contributed by atoms with E-state index in [-0.39, 0.29) is 35.9 Å². The molecule has 1 aromatic heterocycles. The summed E-state index contributed by atoms with van der Waals surface area (Å²) >= 11 is 0. The SMILES string of the molecule is CO/N=C(\C1=NOCCO1)c1ccccc1Oc1nccc(OCC(F)(F)F)n1. The number of alkyl halides is 3. The average molecular weight is 412 g/mol. The van der Waals surface area contributed by atoms with E-state index in [1.165, 1.54) is 19.4 Å². The fraction of sp³-hybridized carbons (Fsp3) is 0.294. The summed E-state index contributed by atoms with van der Waals surface area (Å²) in [6.07, 6.45) is -3.28. The molecule has 29 heavy (non-hydrogen) atoms. The normalized spacial score (nSPS) is 14.3. The molecule has 0 amide bonds. The first-order valence-electron chi connectivity index (χ1n) is 8.20. The topological polar surface area (TPSA) is 96.7 Å². The van der Waals surface area contributed by atoms with E-state index in [1.807, 2.05) is 0 Å². The number of para-hydroxylation sites is 1. The number of halogens is 3. The van der Waals surface area contributed by atoms with E-state index in [9.17, 15) is 13.2 Å². The highest BCUT2D eigenvalue weighted by molar-refractivity contribution is 6.45. The molecule has 2 heterocycles. The highest BCUT2D eigenvalue weighted by atomic mass is 19.4. The van der Waals surface area contributed by atoms with Crippen molar-refractivity contribution in [3.05, 3.63) is 42.1 Å². The standard InChI is InChI=1S/C17H15F3N4O5/c1-25-23-14(15-24-28-9-8-26-15)11-4-2-3-5-12(11)29-16-21-7-6-13(22-16)27-10-17(18,19)20/h2-7H,8-10H2,1H3/b23-14-. The first-order chi connectivity index (χ1) is 14.0. The zero-order valence-electron chi connectivity index (χ0n) is 15.0. The van der Waals surface area contributed by atoms with Crippen molar-refractivity contribution in [2.45, 2.75) is 6.18 Å². The van der Waals surface area contributed by atoms with Crippen molar-refractivity contribution in [2.75, 3.05) is 26.9 Å². The molecule has 0 unspecified atom stereocenters. The van der Waals surface area contributed by atoms with Gasteiger partial charge in [0.25, 0.3) is 5.90 Å². The minimum atomic E-state index is -4.49. The number of rotatable bonds is 7. The maximum absolute atomic E-state index is 12.3. The first kappa shape index (κ1) is 20.2. The van der Waals surface area contributed by atoms with E-state index in [4.69, 9.17) is 19.1 Å². The molecule has 1 aromatic carbocycles. The summed E-state index contributed by atoms with van der Waals surface area (Å²) in [7, 11) is 1.35. The lowest BCUT2D eigenvalue weighted by atomic mass is 10.1. The Balaban J connectivity index is 1.86. The second-order valence-electron chi connectivity index (χ2n) is 5.38. The third-order valence-electron chi connectivity index (χ3n) is 3.28. The Morgan fingerprint density at radius 3 is 2.76 bits per heavy atom. The van der Waals surface area contributed by atoms with Gasteiger partial charge in [-0.2, -0.15) is 18.2 Å². The van der Waals surface area contributed by atoms with E-state index < -0.39 is 12.8 Å². The first-order valence-corrected chi connectivity index (χ1v) is 8.20. The van der Waals surface area contributed by atoms with Crippen molar-refractivity contribution in [1.29, 1.82) is 0 Å². The van der Waals surface area contributed by atoms with Crippen LogP contribution in [-0.2, 0) is 14.4 Å². The highest BCUT2D eigenvalue weighted by Crippen LogP contribution is 2.26. The zero-order valence-corrected chi connectivity index (χ0v) is 15.0. The number of aromatic nitrogens is 2. The van der Waals surface area contributed by atoms with Crippen LogP contribution in [0.5, 0.6) is 17.6 Å². The van der Waals surface area contributed by atoms with Gasteiger partial charge in [0, 0.05) is 12.3 Å². The predicted octanol–water partition coefficient (Wildman–Crippen LogP) is 2.92. The van der Waals surface area contributed by atoms with E-state index in [0.29, 0.717) is 12.2 Å². The summed E-state index contributed by atoms with van der Waals surface area (Å²) in [6.45, 7) is -0.922. The Kier molecular flexibility index (Phi) is 6.32. The van der Waals surface area contributed by atoms with Gasteiger partial charge in [0.05, 0.1) is 5.56 Å². The van der Waals surface area contributed by atoms with Gasteiger partial charge in [0.1, 0.15) is 19.5 Å². The Morgan fingerprint density at radius 1 is 1.21 bits per heavy atom. The Labute approximate surface area is 162 Å². The van der Waals surface area contributed by atoms with Crippen LogP contribution < -0.4 is 9.47 Å². The molecule has 0 atom stereocenters. The molecule has 0 bridgehead atoms. The van der Waals surface area contributed by atoms with Gasteiger partial charge < -0.3 is 23.9 Å². The van der Waals surface area contributed by atoms with Gasteiger partial charge in [-0.05, 0) is 17.3 Å². The maximum atomic E-state index is 12.3. The van der Waals surface area contributed by atoms with Gasteiger partial charge in [0.2, 0.25) is 5.88 Å². The summed E-state index contributed by atoms with van der Waals surface area (Å²) < 4.78 is 52.6. The van der Waals surface area contributed by atoms with Crippen LogP contribution in [-0.4, -0.2) is 54.7 Å². The van der Waals surface area contributed by atoms with Gasteiger partial charge in [-0.1, -0.05) is 17.3 Å². The number of oxime groups is 2. The molecule has 2 aromatic rings. The van der Waals surface area contributed by atoms with Crippen LogP contribution in [0.2, 0.25) is 0 Å². The van der Waals surface area contributed by atoms with Crippen LogP contribution in [0.1, 0.15) is 5.56 Å². The Morgan fingerprint density at radius 2 is 2.03 bits per heavy atom. The second kappa shape index (κ2) is 9.08. The smallest absolute Gasteiger partial charge is 0.422 e. The molecule has 12 heteroatoms. The Hall–Kier alpha value is -3.57. The zero-order chi connectivity index (χ0) is 20.7. The van der Waals surface area contributed by atoms with E-state index >= 15 is 0 Å². The molecule has 0 fully saturated rings. The summed E-state index contributed by atoms with van der Waals surface area (Å²) in [5.41, 5.74) is 0.594. The number of benzene rings is 1. The maximum Gasteiger partial charge on any atom is 0.422 e. The lowest BCUT2D eigenvalue weighted by molar-refractivity contribution is -0.154. The molecule has 9 nitrogen and oxygen atoms in total. The van der Waals surface area contributed by atoms with Gasteiger partial charge in [-0.3, -0.25) is 0 Å². The third-order valence-corrected chi connectivity index (χ3v) is 3.28. The van der Waals surface area contributed by atoms with Gasteiger partial charge >= 0.3 is 12.2 Å². The third kappa shape index (κ3) is 5.70. The van der Waals surface area contributed by atoms with E-state index in [0.717, 1.165) is 0 Å². The van der Waals surface area contributed by atoms with Crippen LogP contribution in [0.25, 0.3) is 0 Å². The molecule has 0 N–H and O–H groups in total. The van der Waals surface area contributed by atoms with Gasteiger partial charge in [0.15, 0.2) is 18.9 Å². The van der Waals surface area contributed by atoms with Crippen molar-refractivity contribution in [1.82, 2.24) is 9.97 Å². The number of hydrogen-bond donors (Lipinski definition) is 0. The van der Waals surface area contributed by atoms with Crippen molar-refractivity contribution in [2.24, 2.45) is 10.3 Å². The lowest BCUT2D eigenvalue weighted by Crippen LogP contribution is -2.25. The van der Waals surface area contributed by atoms with Crippen LogP contribution in [0, 0.1) is 0 Å². The quantitative estimate of drug-likeness (QED) is 0.510. The molecular formula is C17H15F3N4O5. The Bertz CT molecular complexity index is 905. The van der Waals surface area contributed by atoms with E-state index in [2.05, 4.69) is 25.0 Å². The van der Waals surface area contributed by atoms with Crippen molar-refractivity contribution in [3.63, 3.8) is 0 Å². The molecule has 0 saturated carbocycles. The molecule has 154 valence electrons. The number of hydrogen-bond acceptors (Lipinski definition) is 9. The number of nitrogens with zero attached hydrogens (tertiary/aromatic N) is 4. The van der Waals surface area contributed by atoms with Crippen molar-refractivity contribution < 1.29 is 37.1 Å². The molecule has 3 rings (SSSR count). The van der Waals surface area contributed by atoms with Crippen LogP contribution in [0.15, 0.2) is 46.8 Å². The fourth-order valence-corrected chi connectivity index (χ4v) is 2.17. The van der Waals surface area contributed by atoms with Crippen LogP contribution >= 0.6 is 0 Å². The summed E-state index contributed by atoms with van der Waals surface area (Å²) in [5.74, 6) is 0.0226. The minimum Gasteiger partial charge on any atom is -0.470 e. The molecule has 0 aliphatic carbocycles. The summed E-state index contributed by atoms with van der Waals surface area (Å²) in [5, 5.41) is 7.71. The molecule has 1 aliphatic heterocycles. The largest absolute Gasteiger partial charge is 0.470 e. The van der Waals surface area contributed by atoms with Crippen LogP contribution in [0.3, 0.4) is 0 Å². The highest BCUT2D eigenvalue weighted by Gasteiger charge is 2.29. The minimum absolute atomic E-state index is 0.0809. The van der Waals surface area contributed by atoms with Crippen molar-refractivity contribution in [3.8, 4) is 17.6 Å².